The first-order chi connectivity index (χ1) is 14.2. The summed E-state index contributed by atoms with van der Waals surface area (Å²) in [7, 11) is -4.07. The van der Waals surface area contributed by atoms with Crippen LogP contribution < -0.4 is 15.0 Å². The van der Waals surface area contributed by atoms with Crippen molar-refractivity contribution in [1.29, 1.82) is 0 Å². The van der Waals surface area contributed by atoms with Gasteiger partial charge < -0.3 is 4.74 Å². The van der Waals surface area contributed by atoms with Gasteiger partial charge in [0.2, 0.25) is 0 Å². The zero-order valence-corrected chi connectivity index (χ0v) is 17.1. The highest BCUT2D eigenvalue weighted by molar-refractivity contribution is 7.92. The predicted molar refractivity (Wildman–Crippen MR) is 112 cm³/mol. The minimum Gasteiger partial charge on any atom is -0.483 e. The number of anilines is 1. The fourth-order valence-electron chi connectivity index (χ4n) is 3.26. The van der Waals surface area contributed by atoms with Crippen LogP contribution in [0.3, 0.4) is 0 Å². The molecule has 4 rings (SSSR count). The predicted octanol–water partition coefficient (Wildman–Crippen LogP) is 3.85. The zero-order valence-electron chi connectivity index (χ0n) is 16.3. The lowest BCUT2D eigenvalue weighted by atomic mass is 9.99. The van der Waals surface area contributed by atoms with Crippen molar-refractivity contribution in [3.63, 3.8) is 0 Å². The van der Waals surface area contributed by atoms with Gasteiger partial charge in [-0.1, -0.05) is 18.2 Å². The third-order valence-corrected chi connectivity index (χ3v) is 5.96. The molecule has 0 bridgehead atoms. The number of halogens is 1. The Bertz CT molecular complexity index is 1330. The van der Waals surface area contributed by atoms with Crippen LogP contribution >= 0.6 is 0 Å². The van der Waals surface area contributed by atoms with Gasteiger partial charge in [-0.25, -0.2) is 12.8 Å². The van der Waals surface area contributed by atoms with Crippen LogP contribution in [-0.2, 0) is 10.0 Å². The van der Waals surface area contributed by atoms with E-state index >= 15 is 0 Å². The average molecular weight is 426 g/mol. The van der Waals surface area contributed by atoms with Gasteiger partial charge in [0.1, 0.15) is 17.2 Å². The lowest BCUT2D eigenvalue weighted by Gasteiger charge is -2.31. The molecule has 0 saturated carbocycles. The van der Waals surface area contributed by atoms with Crippen molar-refractivity contribution in [1.82, 2.24) is 4.57 Å². The second-order valence-electron chi connectivity index (χ2n) is 7.39. The highest BCUT2D eigenvalue weighted by Gasteiger charge is 2.29. The molecule has 0 aliphatic carbocycles. The summed E-state index contributed by atoms with van der Waals surface area (Å²) in [5.74, 6) is -0.237. The molecular formula is C22H19FN2O4S. The van der Waals surface area contributed by atoms with E-state index in [-0.39, 0.29) is 16.1 Å². The molecule has 6 nitrogen and oxygen atoms in total. The van der Waals surface area contributed by atoms with Crippen LogP contribution in [0.25, 0.3) is 5.70 Å². The van der Waals surface area contributed by atoms with Crippen molar-refractivity contribution < 1.29 is 17.5 Å². The largest absolute Gasteiger partial charge is 0.483 e. The van der Waals surface area contributed by atoms with E-state index in [4.69, 9.17) is 4.74 Å². The highest BCUT2D eigenvalue weighted by atomic mass is 32.2. The van der Waals surface area contributed by atoms with E-state index in [2.05, 4.69) is 4.72 Å². The molecule has 0 saturated heterocycles. The lowest BCUT2D eigenvalue weighted by Crippen LogP contribution is -2.32. The summed E-state index contributed by atoms with van der Waals surface area (Å²) in [5, 5.41) is 0. The molecule has 30 heavy (non-hydrogen) atoms. The third-order valence-electron chi connectivity index (χ3n) is 4.59. The second-order valence-corrected chi connectivity index (χ2v) is 9.07. The molecule has 1 aromatic heterocycles. The third kappa shape index (κ3) is 3.73. The molecule has 0 fully saturated rings. The Hall–Kier alpha value is -3.39. The molecule has 2 heterocycles. The maximum atomic E-state index is 13.9. The molecule has 2 aromatic carbocycles. The number of ether oxygens (including phenoxy) is 1. The summed E-state index contributed by atoms with van der Waals surface area (Å²) in [5.41, 5.74) is -0.162. The molecule has 0 spiro atoms. The Morgan fingerprint density at radius 3 is 2.50 bits per heavy atom. The van der Waals surface area contributed by atoms with Crippen molar-refractivity contribution in [2.75, 3.05) is 4.72 Å². The summed E-state index contributed by atoms with van der Waals surface area (Å²) in [6.45, 7) is 3.68. The first-order valence-corrected chi connectivity index (χ1v) is 10.7. The summed E-state index contributed by atoms with van der Waals surface area (Å²) >= 11 is 0. The van der Waals surface area contributed by atoms with E-state index in [1.54, 1.807) is 24.4 Å². The van der Waals surface area contributed by atoms with E-state index in [1.807, 2.05) is 13.8 Å². The zero-order chi connectivity index (χ0) is 21.5. The smallest absolute Gasteiger partial charge is 0.262 e. The van der Waals surface area contributed by atoms with Gasteiger partial charge in [-0.3, -0.25) is 14.1 Å². The van der Waals surface area contributed by atoms with Gasteiger partial charge in [-0.2, -0.15) is 0 Å². The Morgan fingerprint density at radius 1 is 1.03 bits per heavy atom. The summed E-state index contributed by atoms with van der Waals surface area (Å²) < 4.78 is 49.3. The number of pyridine rings is 1. The summed E-state index contributed by atoms with van der Waals surface area (Å²) in [4.78, 5) is 12.3. The number of sulfonamides is 1. The van der Waals surface area contributed by atoms with E-state index in [0.717, 1.165) is 0 Å². The molecular weight excluding hydrogens is 407 g/mol. The lowest BCUT2D eigenvalue weighted by molar-refractivity contribution is 0.157. The van der Waals surface area contributed by atoms with E-state index in [0.29, 0.717) is 17.0 Å². The number of hydrogen-bond donors (Lipinski definition) is 1. The summed E-state index contributed by atoms with van der Waals surface area (Å²) in [6, 6.07) is 14.6. The molecule has 0 unspecified atom stereocenters. The molecule has 1 N–H and O–H groups in total. The van der Waals surface area contributed by atoms with E-state index in [1.165, 1.54) is 53.1 Å². The topological polar surface area (TPSA) is 77.4 Å². The first kappa shape index (κ1) is 19.9. The van der Waals surface area contributed by atoms with Gasteiger partial charge >= 0.3 is 0 Å². The van der Waals surface area contributed by atoms with Crippen LogP contribution in [0.2, 0.25) is 0 Å². The van der Waals surface area contributed by atoms with Crippen molar-refractivity contribution in [2.24, 2.45) is 0 Å². The average Bonchev–Trinajstić information content (AvgIpc) is 2.68. The molecule has 8 heteroatoms. The maximum Gasteiger partial charge on any atom is 0.262 e. The Kier molecular flexibility index (Phi) is 4.74. The fraction of sp³-hybridized carbons (Fsp3) is 0.136. The Balaban J connectivity index is 1.83. The van der Waals surface area contributed by atoms with Crippen molar-refractivity contribution >= 4 is 21.4 Å². The van der Waals surface area contributed by atoms with Crippen molar-refractivity contribution in [2.45, 2.75) is 24.3 Å². The SMILES string of the molecule is CC1(C)C=C(n2ccccc2=O)c2cc(S(=O)(=O)Nc3ccccc3F)ccc2O1. The quantitative estimate of drug-likeness (QED) is 0.688. The van der Waals surface area contributed by atoms with Crippen LogP contribution in [0.15, 0.2) is 82.6 Å². The first-order valence-electron chi connectivity index (χ1n) is 9.18. The Labute approximate surface area is 173 Å². The van der Waals surface area contributed by atoms with Gasteiger partial charge in [-0.05, 0) is 56.3 Å². The van der Waals surface area contributed by atoms with Crippen LogP contribution in [0.1, 0.15) is 19.4 Å². The van der Waals surface area contributed by atoms with Gasteiger partial charge in [0.15, 0.2) is 0 Å². The van der Waals surface area contributed by atoms with Gasteiger partial charge in [0, 0.05) is 17.8 Å². The maximum absolute atomic E-state index is 13.9. The van der Waals surface area contributed by atoms with E-state index < -0.39 is 21.4 Å². The molecule has 1 aliphatic rings. The fourth-order valence-corrected chi connectivity index (χ4v) is 4.35. The van der Waals surface area contributed by atoms with E-state index in [9.17, 15) is 17.6 Å². The highest BCUT2D eigenvalue weighted by Crippen LogP contribution is 2.38. The molecule has 3 aromatic rings. The number of hydrogen-bond acceptors (Lipinski definition) is 4. The monoisotopic (exact) mass is 426 g/mol. The minimum absolute atomic E-state index is 0.0808. The number of para-hydroxylation sites is 1. The van der Waals surface area contributed by atoms with Crippen LogP contribution in [-0.4, -0.2) is 18.6 Å². The summed E-state index contributed by atoms with van der Waals surface area (Å²) in [6.07, 6.45) is 3.37. The van der Waals surface area contributed by atoms with Gasteiger partial charge in [-0.15, -0.1) is 0 Å². The molecule has 0 amide bonds. The van der Waals surface area contributed by atoms with Crippen LogP contribution in [0.4, 0.5) is 10.1 Å². The number of fused-ring (bicyclic) bond motifs is 1. The van der Waals surface area contributed by atoms with Gasteiger partial charge in [0.05, 0.1) is 16.3 Å². The number of aromatic nitrogens is 1. The van der Waals surface area contributed by atoms with Gasteiger partial charge in [0.25, 0.3) is 15.6 Å². The molecule has 154 valence electrons. The van der Waals surface area contributed by atoms with Crippen LogP contribution in [0, 0.1) is 5.82 Å². The normalized spacial score (nSPS) is 15.0. The number of nitrogens with one attached hydrogen (secondary N) is 1. The number of benzene rings is 2. The standard InChI is InChI=1S/C22H19FN2O4S/c1-22(2)14-19(25-12-6-5-9-21(25)26)16-13-15(10-11-20(16)29-22)30(27,28)24-18-8-4-3-7-17(18)23/h3-14,24H,1-2H3. The van der Waals surface area contributed by atoms with Crippen molar-refractivity contribution in [3.05, 3.63) is 94.7 Å². The Morgan fingerprint density at radius 2 is 1.77 bits per heavy atom. The van der Waals surface area contributed by atoms with Crippen molar-refractivity contribution in [3.8, 4) is 5.75 Å². The number of rotatable bonds is 4. The molecule has 0 radical (unpaired) electrons. The van der Waals surface area contributed by atoms with Crippen LogP contribution in [0.5, 0.6) is 5.75 Å². The molecule has 1 aliphatic heterocycles. The minimum atomic E-state index is -4.07. The number of nitrogens with zero attached hydrogens (tertiary/aromatic N) is 1. The molecule has 0 atom stereocenters. The second kappa shape index (κ2) is 7.14.